The van der Waals surface area contributed by atoms with Gasteiger partial charge >= 0.3 is 0 Å². The second-order valence-corrected chi connectivity index (χ2v) is 4.98. The highest BCUT2D eigenvalue weighted by Gasteiger charge is 2.20. The molecular formula is C17H14FNO. The van der Waals surface area contributed by atoms with Crippen LogP contribution in [0.2, 0.25) is 0 Å². The molecule has 0 spiro atoms. The predicted molar refractivity (Wildman–Crippen MR) is 77.6 cm³/mol. The molecule has 0 atom stereocenters. The minimum absolute atomic E-state index is 0.114. The number of aromatic amines is 1. The number of hydrogen-bond acceptors (Lipinski definition) is 1. The van der Waals surface area contributed by atoms with Gasteiger partial charge in [0.25, 0.3) is 0 Å². The molecule has 1 N–H and O–H groups in total. The van der Waals surface area contributed by atoms with Crippen LogP contribution in [0.15, 0.2) is 42.5 Å². The van der Waals surface area contributed by atoms with Crippen LogP contribution >= 0.6 is 0 Å². The Bertz CT molecular complexity index is 817. The van der Waals surface area contributed by atoms with Crippen molar-refractivity contribution in [3.63, 3.8) is 0 Å². The first kappa shape index (κ1) is 12.6. The molecule has 3 aromatic rings. The monoisotopic (exact) mass is 267 g/mol. The molecule has 0 saturated carbocycles. The average molecular weight is 267 g/mol. The average Bonchev–Trinajstić information content (AvgIpc) is 2.73. The maximum Gasteiger partial charge on any atom is 0.198 e. The zero-order valence-electron chi connectivity index (χ0n) is 11.3. The number of carbonyl (C=O) groups excluding carboxylic acids is 1. The lowest BCUT2D eigenvalue weighted by Crippen LogP contribution is -2.05. The molecule has 0 fully saturated rings. The van der Waals surface area contributed by atoms with Gasteiger partial charge in [0.2, 0.25) is 0 Å². The van der Waals surface area contributed by atoms with Crippen molar-refractivity contribution in [2.24, 2.45) is 0 Å². The summed E-state index contributed by atoms with van der Waals surface area (Å²) < 4.78 is 14.0. The topological polar surface area (TPSA) is 32.9 Å². The maximum absolute atomic E-state index is 14.0. The first-order chi connectivity index (χ1) is 9.58. The van der Waals surface area contributed by atoms with E-state index in [9.17, 15) is 9.18 Å². The van der Waals surface area contributed by atoms with Gasteiger partial charge in [0.15, 0.2) is 5.78 Å². The predicted octanol–water partition coefficient (Wildman–Crippen LogP) is 4.15. The molecule has 2 aromatic carbocycles. The number of hydrogen-bond donors (Lipinski definition) is 1. The number of benzene rings is 2. The third kappa shape index (κ3) is 1.92. The molecule has 0 amide bonds. The summed E-state index contributed by atoms with van der Waals surface area (Å²) in [6.45, 7) is 3.63. The van der Waals surface area contributed by atoms with E-state index in [1.807, 2.05) is 31.2 Å². The van der Waals surface area contributed by atoms with Crippen LogP contribution in [-0.4, -0.2) is 10.8 Å². The Kier molecular flexibility index (Phi) is 2.90. The Hall–Kier alpha value is -2.42. The summed E-state index contributed by atoms with van der Waals surface area (Å²) in [6.07, 6.45) is 0. The van der Waals surface area contributed by atoms with E-state index in [2.05, 4.69) is 4.98 Å². The first-order valence-electron chi connectivity index (χ1n) is 6.46. The zero-order chi connectivity index (χ0) is 14.3. The van der Waals surface area contributed by atoms with Crippen LogP contribution in [0.4, 0.5) is 4.39 Å². The van der Waals surface area contributed by atoms with Crippen molar-refractivity contribution in [2.75, 3.05) is 0 Å². The Morgan fingerprint density at radius 3 is 2.60 bits per heavy atom. The minimum Gasteiger partial charge on any atom is -0.358 e. The van der Waals surface area contributed by atoms with Crippen molar-refractivity contribution in [2.45, 2.75) is 13.8 Å². The lowest BCUT2D eigenvalue weighted by atomic mass is 9.99. The van der Waals surface area contributed by atoms with Crippen molar-refractivity contribution in [3.05, 3.63) is 70.7 Å². The van der Waals surface area contributed by atoms with E-state index in [-0.39, 0.29) is 11.3 Å². The van der Waals surface area contributed by atoms with Gasteiger partial charge in [-0.2, -0.15) is 0 Å². The Labute approximate surface area is 116 Å². The van der Waals surface area contributed by atoms with Gasteiger partial charge in [-0.1, -0.05) is 24.3 Å². The number of ketones is 1. The molecular weight excluding hydrogens is 253 g/mol. The first-order valence-corrected chi connectivity index (χ1v) is 6.46. The van der Waals surface area contributed by atoms with Crippen LogP contribution in [0.3, 0.4) is 0 Å². The number of para-hydroxylation sites is 1. The number of carbonyl (C=O) groups is 1. The Morgan fingerprint density at radius 1 is 1.10 bits per heavy atom. The lowest BCUT2D eigenvalue weighted by Gasteiger charge is -2.04. The third-order valence-electron chi connectivity index (χ3n) is 3.49. The smallest absolute Gasteiger partial charge is 0.198 e. The number of halogens is 1. The fourth-order valence-corrected chi connectivity index (χ4v) is 2.51. The van der Waals surface area contributed by atoms with Crippen molar-refractivity contribution in [1.82, 2.24) is 4.98 Å². The SMILES string of the molecule is Cc1ccc(C(=O)c2c(C)[nH]c3ccccc23)c(F)c1. The van der Waals surface area contributed by atoms with Crippen LogP contribution in [0, 0.1) is 19.7 Å². The van der Waals surface area contributed by atoms with Gasteiger partial charge < -0.3 is 4.98 Å². The van der Waals surface area contributed by atoms with Crippen molar-refractivity contribution < 1.29 is 9.18 Å². The summed E-state index contributed by atoms with van der Waals surface area (Å²) in [5.41, 5.74) is 3.11. The number of rotatable bonds is 2. The summed E-state index contributed by atoms with van der Waals surface area (Å²) in [4.78, 5) is 15.8. The van der Waals surface area contributed by atoms with Gasteiger partial charge in [-0.25, -0.2) is 4.39 Å². The second kappa shape index (κ2) is 4.60. The minimum atomic E-state index is -0.473. The number of aromatic nitrogens is 1. The highest BCUT2D eigenvalue weighted by atomic mass is 19.1. The molecule has 0 unspecified atom stereocenters. The van der Waals surface area contributed by atoms with E-state index >= 15 is 0 Å². The van der Waals surface area contributed by atoms with Gasteiger partial charge in [0.05, 0.1) is 11.1 Å². The highest BCUT2D eigenvalue weighted by Crippen LogP contribution is 2.25. The Balaban J connectivity index is 2.20. The number of nitrogens with one attached hydrogen (secondary N) is 1. The summed E-state index contributed by atoms with van der Waals surface area (Å²) in [6, 6.07) is 12.2. The molecule has 0 aliphatic rings. The molecule has 100 valence electrons. The number of aryl methyl sites for hydroxylation is 2. The van der Waals surface area contributed by atoms with Crippen molar-refractivity contribution in [3.8, 4) is 0 Å². The quantitative estimate of drug-likeness (QED) is 0.695. The van der Waals surface area contributed by atoms with Crippen LogP contribution in [0.1, 0.15) is 27.2 Å². The van der Waals surface area contributed by atoms with Crippen LogP contribution in [-0.2, 0) is 0 Å². The summed E-state index contributed by atoms with van der Waals surface area (Å²) >= 11 is 0. The van der Waals surface area contributed by atoms with Gasteiger partial charge in [-0.05, 0) is 37.6 Å². The molecule has 0 bridgehead atoms. The van der Waals surface area contributed by atoms with E-state index < -0.39 is 5.82 Å². The van der Waals surface area contributed by atoms with E-state index in [4.69, 9.17) is 0 Å². The van der Waals surface area contributed by atoms with Gasteiger partial charge in [0, 0.05) is 16.6 Å². The molecule has 0 aliphatic carbocycles. The fraction of sp³-hybridized carbons (Fsp3) is 0.118. The van der Waals surface area contributed by atoms with E-state index in [0.29, 0.717) is 5.56 Å². The van der Waals surface area contributed by atoms with E-state index in [1.54, 1.807) is 19.1 Å². The highest BCUT2D eigenvalue weighted by molar-refractivity contribution is 6.17. The molecule has 3 rings (SSSR count). The molecule has 0 saturated heterocycles. The van der Waals surface area contributed by atoms with Crippen molar-refractivity contribution >= 4 is 16.7 Å². The van der Waals surface area contributed by atoms with E-state index in [1.165, 1.54) is 6.07 Å². The van der Waals surface area contributed by atoms with Crippen LogP contribution in [0.5, 0.6) is 0 Å². The fourth-order valence-electron chi connectivity index (χ4n) is 2.51. The summed E-state index contributed by atoms with van der Waals surface area (Å²) in [7, 11) is 0. The largest absolute Gasteiger partial charge is 0.358 e. The molecule has 20 heavy (non-hydrogen) atoms. The summed E-state index contributed by atoms with van der Waals surface area (Å²) in [5, 5.41) is 0.829. The van der Waals surface area contributed by atoms with Crippen LogP contribution in [0.25, 0.3) is 10.9 Å². The summed E-state index contributed by atoms with van der Waals surface area (Å²) in [5.74, 6) is -0.753. The molecule has 0 aliphatic heterocycles. The van der Waals surface area contributed by atoms with Gasteiger partial charge in [0.1, 0.15) is 5.82 Å². The van der Waals surface area contributed by atoms with Crippen LogP contribution < -0.4 is 0 Å². The maximum atomic E-state index is 14.0. The molecule has 1 heterocycles. The standard InChI is InChI=1S/C17H14FNO/c1-10-7-8-12(14(18)9-10)17(20)16-11(2)19-15-6-4-3-5-13(15)16/h3-9,19H,1-2H3. The number of H-pyrrole nitrogens is 1. The van der Waals surface area contributed by atoms with Gasteiger partial charge in [-0.3, -0.25) is 4.79 Å². The molecule has 2 nitrogen and oxygen atoms in total. The zero-order valence-corrected chi connectivity index (χ0v) is 11.3. The Morgan fingerprint density at radius 2 is 1.85 bits per heavy atom. The third-order valence-corrected chi connectivity index (χ3v) is 3.49. The molecule has 0 radical (unpaired) electrons. The van der Waals surface area contributed by atoms with E-state index in [0.717, 1.165) is 22.2 Å². The van der Waals surface area contributed by atoms with Gasteiger partial charge in [-0.15, -0.1) is 0 Å². The molecule has 3 heteroatoms. The van der Waals surface area contributed by atoms with Crippen molar-refractivity contribution in [1.29, 1.82) is 0 Å². The number of fused-ring (bicyclic) bond motifs is 1. The normalized spacial score (nSPS) is 10.9. The molecule has 1 aromatic heterocycles. The lowest BCUT2D eigenvalue weighted by molar-refractivity contribution is 0.103. The second-order valence-electron chi connectivity index (χ2n) is 4.98.